The highest BCUT2D eigenvalue weighted by molar-refractivity contribution is 6.27. The van der Waals surface area contributed by atoms with Gasteiger partial charge in [-0.15, -0.1) is 11.6 Å². The predicted molar refractivity (Wildman–Crippen MR) is 38.9 cm³/mol. The lowest BCUT2D eigenvalue weighted by Gasteiger charge is -1.94. The third kappa shape index (κ3) is 5.80. The first-order valence-electron chi connectivity index (χ1n) is 3.03. The zero-order valence-electron chi connectivity index (χ0n) is 5.61. The van der Waals surface area contributed by atoms with Gasteiger partial charge in [-0.05, 0) is 20.0 Å². The van der Waals surface area contributed by atoms with Gasteiger partial charge in [-0.3, -0.25) is 4.79 Å². The third-order valence-electron chi connectivity index (χ3n) is 1.03. The topological polar surface area (TPSA) is 29.1 Å². The number of rotatable bonds is 5. The van der Waals surface area contributed by atoms with E-state index in [1.54, 1.807) is 0 Å². The van der Waals surface area contributed by atoms with Gasteiger partial charge in [0.05, 0.1) is 5.88 Å². The second kappa shape index (κ2) is 6.05. The summed E-state index contributed by atoms with van der Waals surface area (Å²) in [4.78, 5) is 10.5. The molecule has 0 aliphatic rings. The Morgan fingerprint density at radius 3 is 2.78 bits per heavy atom. The molecule has 0 radical (unpaired) electrons. The van der Waals surface area contributed by atoms with Crippen LogP contribution in [0, 0.1) is 0 Å². The summed E-state index contributed by atoms with van der Waals surface area (Å²) in [6, 6.07) is 0. The number of alkyl halides is 1. The molecule has 54 valence electrons. The average molecular weight is 150 g/mol. The Kier molecular flexibility index (Phi) is 5.99. The predicted octanol–water partition coefficient (Wildman–Crippen LogP) is 0.794. The molecule has 0 aliphatic carbocycles. The maximum absolute atomic E-state index is 10.5. The molecule has 0 rings (SSSR count). The van der Waals surface area contributed by atoms with Crippen molar-refractivity contribution in [2.45, 2.75) is 12.8 Å². The monoisotopic (exact) mass is 149 g/mol. The second-order valence-electron chi connectivity index (χ2n) is 1.88. The number of carbonyl (C=O) groups excluding carboxylic acids is 1. The van der Waals surface area contributed by atoms with Crippen LogP contribution in [0.1, 0.15) is 12.8 Å². The van der Waals surface area contributed by atoms with Crippen LogP contribution >= 0.6 is 11.6 Å². The maximum atomic E-state index is 10.5. The van der Waals surface area contributed by atoms with Crippen LogP contribution in [-0.4, -0.2) is 25.3 Å². The van der Waals surface area contributed by atoms with E-state index in [1.165, 1.54) is 0 Å². The molecule has 0 spiro atoms. The molecule has 0 aromatic heterocycles. The molecule has 0 saturated carbocycles. The molecule has 0 amide bonds. The molecular weight excluding hydrogens is 138 g/mol. The normalized spacial score (nSPS) is 9.56. The van der Waals surface area contributed by atoms with Gasteiger partial charge in [-0.2, -0.15) is 0 Å². The minimum atomic E-state index is 0.131. The minimum Gasteiger partial charge on any atom is -0.320 e. The SMILES string of the molecule is CNCCCC(=O)CCl. The Morgan fingerprint density at radius 1 is 1.67 bits per heavy atom. The van der Waals surface area contributed by atoms with Crippen molar-refractivity contribution >= 4 is 17.4 Å². The summed E-state index contributed by atoms with van der Waals surface area (Å²) in [5.74, 6) is 0.288. The van der Waals surface area contributed by atoms with Crippen molar-refractivity contribution in [1.82, 2.24) is 5.32 Å². The molecular formula is C6H12ClNO. The van der Waals surface area contributed by atoms with Crippen molar-refractivity contribution in [2.24, 2.45) is 0 Å². The first-order valence-corrected chi connectivity index (χ1v) is 3.57. The Balaban J connectivity index is 2.97. The minimum absolute atomic E-state index is 0.131. The fourth-order valence-corrected chi connectivity index (χ4v) is 0.663. The lowest BCUT2D eigenvalue weighted by atomic mass is 10.2. The van der Waals surface area contributed by atoms with Crippen LogP contribution in [0.25, 0.3) is 0 Å². The van der Waals surface area contributed by atoms with Crippen molar-refractivity contribution in [3.8, 4) is 0 Å². The molecule has 0 unspecified atom stereocenters. The molecule has 0 fully saturated rings. The number of nitrogens with one attached hydrogen (secondary N) is 1. The van der Waals surface area contributed by atoms with E-state index in [0.717, 1.165) is 13.0 Å². The number of carbonyl (C=O) groups is 1. The summed E-state index contributed by atoms with van der Waals surface area (Å²) in [7, 11) is 1.87. The van der Waals surface area contributed by atoms with Crippen molar-refractivity contribution < 1.29 is 4.79 Å². The summed E-state index contributed by atoms with van der Waals surface area (Å²) in [5, 5.41) is 2.95. The molecule has 0 saturated heterocycles. The number of halogens is 1. The highest BCUT2D eigenvalue weighted by Crippen LogP contribution is 1.90. The number of hydrogen-bond donors (Lipinski definition) is 1. The van der Waals surface area contributed by atoms with Crippen LogP contribution < -0.4 is 5.32 Å². The van der Waals surface area contributed by atoms with E-state index in [1.807, 2.05) is 7.05 Å². The van der Waals surface area contributed by atoms with Gasteiger partial charge in [0.15, 0.2) is 0 Å². The van der Waals surface area contributed by atoms with Crippen LogP contribution in [0.2, 0.25) is 0 Å². The first-order chi connectivity index (χ1) is 4.31. The Bertz CT molecular complexity index is 85.1. The van der Waals surface area contributed by atoms with Crippen LogP contribution in [0.4, 0.5) is 0 Å². The highest BCUT2D eigenvalue weighted by Gasteiger charge is 1.96. The molecule has 0 bridgehead atoms. The maximum Gasteiger partial charge on any atom is 0.147 e. The largest absolute Gasteiger partial charge is 0.320 e. The van der Waals surface area contributed by atoms with Crippen LogP contribution in [0.15, 0.2) is 0 Å². The first kappa shape index (κ1) is 8.92. The lowest BCUT2D eigenvalue weighted by molar-refractivity contribution is -0.116. The fraction of sp³-hybridized carbons (Fsp3) is 0.833. The lowest BCUT2D eigenvalue weighted by Crippen LogP contribution is -2.10. The van der Waals surface area contributed by atoms with E-state index in [-0.39, 0.29) is 11.7 Å². The third-order valence-corrected chi connectivity index (χ3v) is 1.33. The molecule has 9 heavy (non-hydrogen) atoms. The van der Waals surface area contributed by atoms with Crippen LogP contribution in [-0.2, 0) is 4.79 Å². The molecule has 0 atom stereocenters. The standard InChI is InChI=1S/C6H12ClNO/c1-8-4-2-3-6(9)5-7/h8H,2-5H2,1H3. The average Bonchev–Trinajstić information content (AvgIpc) is 1.89. The van der Waals surface area contributed by atoms with Crippen molar-refractivity contribution in [3.05, 3.63) is 0 Å². The number of ketones is 1. The summed E-state index contributed by atoms with van der Waals surface area (Å²) >= 11 is 5.26. The van der Waals surface area contributed by atoms with Gasteiger partial charge < -0.3 is 5.32 Å². The molecule has 1 N–H and O–H groups in total. The van der Waals surface area contributed by atoms with Crippen molar-refractivity contribution in [1.29, 1.82) is 0 Å². The zero-order valence-corrected chi connectivity index (χ0v) is 6.37. The van der Waals surface area contributed by atoms with E-state index >= 15 is 0 Å². The molecule has 0 aliphatic heterocycles. The van der Waals surface area contributed by atoms with E-state index < -0.39 is 0 Å². The summed E-state index contributed by atoms with van der Waals surface area (Å²) in [6.45, 7) is 0.891. The van der Waals surface area contributed by atoms with Gasteiger partial charge in [0.2, 0.25) is 0 Å². The quantitative estimate of drug-likeness (QED) is 0.463. The Hall–Kier alpha value is -0.0800. The van der Waals surface area contributed by atoms with Gasteiger partial charge in [0.25, 0.3) is 0 Å². The Morgan fingerprint density at radius 2 is 2.33 bits per heavy atom. The van der Waals surface area contributed by atoms with Gasteiger partial charge in [0.1, 0.15) is 5.78 Å². The number of Topliss-reactive ketones (excluding diaryl/α,β-unsaturated/α-hetero) is 1. The van der Waals surface area contributed by atoms with Gasteiger partial charge in [-0.1, -0.05) is 0 Å². The van der Waals surface area contributed by atoms with Crippen LogP contribution in [0.5, 0.6) is 0 Å². The van der Waals surface area contributed by atoms with Crippen LogP contribution in [0.3, 0.4) is 0 Å². The molecule has 0 aromatic rings. The van der Waals surface area contributed by atoms with E-state index in [9.17, 15) is 4.79 Å². The molecule has 3 heteroatoms. The summed E-state index contributed by atoms with van der Waals surface area (Å²) in [6.07, 6.45) is 1.49. The number of hydrogen-bond acceptors (Lipinski definition) is 2. The summed E-state index contributed by atoms with van der Waals surface area (Å²) in [5.41, 5.74) is 0. The van der Waals surface area contributed by atoms with Gasteiger partial charge >= 0.3 is 0 Å². The Labute approximate surface area is 60.6 Å². The fourth-order valence-electron chi connectivity index (χ4n) is 0.529. The van der Waals surface area contributed by atoms with E-state index in [0.29, 0.717) is 6.42 Å². The smallest absolute Gasteiger partial charge is 0.147 e. The van der Waals surface area contributed by atoms with Gasteiger partial charge in [0, 0.05) is 6.42 Å². The zero-order chi connectivity index (χ0) is 7.11. The molecule has 0 aromatic carbocycles. The van der Waals surface area contributed by atoms with E-state index in [2.05, 4.69) is 5.32 Å². The highest BCUT2D eigenvalue weighted by atomic mass is 35.5. The van der Waals surface area contributed by atoms with E-state index in [4.69, 9.17) is 11.6 Å². The molecule has 0 heterocycles. The molecule has 2 nitrogen and oxygen atoms in total. The second-order valence-corrected chi connectivity index (χ2v) is 2.15. The van der Waals surface area contributed by atoms with Crippen molar-refractivity contribution in [3.63, 3.8) is 0 Å². The van der Waals surface area contributed by atoms with Crippen molar-refractivity contribution in [2.75, 3.05) is 19.5 Å². The summed E-state index contributed by atoms with van der Waals surface area (Å²) < 4.78 is 0. The van der Waals surface area contributed by atoms with Gasteiger partial charge in [-0.25, -0.2) is 0 Å².